The van der Waals surface area contributed by atoms with Crippen LogP contribution in [0.2, 0.25) is 0 Å². The highest BCUT2D eigenvalue weighted by Crippen LogP contribution is 2.37. The first-order valence-corrected chi connectivity index (χ1v) is 11.2. The molecule has 1 aliphatic heterocycles. The number of carbonyl (C=O) groups is 1. The maximum absolute atomic E-state index is 12.4. The molecule has 4 aromatic heterocycles. The van der Waals surface area contributed by atoms with Crippen LogP contribution in [0.15, 0.2) is 30.6 Å². The third-order valence-electron chi connectivity index (χ3n) is 5.65. The van der Waals surface area contributed by atoms with Gasteiger partial charge in [0.25, 0.3) is 0 Å². The maximum atomic E-state index is 12.4. The molecule has 0 saturated heterocycles. The molecule has 5 heterocycles. The van der Waals surface area contributed by atoms with Gasteiger partial charge in [-0.15, -0.1) is 11.3 Å². The van der Waals surface area contributed by atoms with Crippen molar-refractivity contribution >= 4 is 49.9 Å². The Balaban J connectivity index is 1.51. The monoisotopic (exact) mass is 433 g/mol. The number of aryl methyl sites for hydroxylation is 2. The largest absolute Gasteiger partial charge is 0.462 e. The second-order valence-corrected chi connectivity index (χ2v) is 8.58. The van der Waals surface area contributed by atoms with Crippen molar-refractivity contribution in [3.63, 3.8) is 0 Å². The van der Waals surface area contributed by atoms with E-state index in [0.29, 0.717) is 17.3 Å². The number of hydrogen-bond donors (Lipinski definition) is 1. The number of pyridine rings is 1. The van der Waals surface area contributed by atoms with E-state index < -0.39 is 0 Å². The molecule has 0 fully saturated rings. The molecule has 1 aliphatic rings. The van der Waals surface area contributed by atoms with Crippen molar-refractivity contribution in [2.45, 2.75) is 27.2 Å². The van der Waals surface area contributed by atoms with Gasteiger partial charge in [0, 0.05) is 36.4 Å². The van der Waals surface area contributed by atoms with Gasteiger partial charge in [0.05, 0.1) is 12.0 Å². The molecule has 0 aliphatic carbocycles. The highest BCUT2D eigenvalue weighted by molar-refractivity contribution is 7.20. The van der Waals surface area contributed by atoms with E-state index >= 15 is 0 Å². The van der Waals surface area contributed by atoms with Crippen molar-refractivity contribution < 1.29 is 9.53 Å². The lowest BCUT2D eigenvalue weighted by atomic mass is 9.99. The summed E-state index contributed by atoms with van der Waals surface area (Å²) in [7, 11) is 0. The first-order valence-electron chi connectivity index (χ1n) is 10.4. The summed E-state index contributed by atoms with van der Waals surface area (Å²) >= 11 is 1.39. The molecular formula is C23H23N5O2S. The Morgan fingerprint density at radius 3 is 2.97 bits per heavy atom. The van der Waals surface area contributed by atoms with Crippen LogP contribution < -0.4 is 4.90 Å². The molecule has 0 spiro atoms. The zero-order chi connectivity index (χ0) is 21.5. The number of anilines is 1. The Morgan fingerprint density at radius 2 is 2.19 bits per heavy atom. The molecule has 4 aromatic rings. The van der Waals surface area contributed by atoms with E-state index in [1.807, 2.05) is 33.0 Å². The SMILES string of the molecule is CCOC(=O)c1sc2nc(C)nc(N3CC=C(c4c[nH]c5ncccc45)CC3)c2c1C. The molecule has 8 heteroatoms. The van der Waals surface area contributed by atoms with E-state index in [4.69, 9.17) is 9.72 Å². The summed E-state index contributed by atoms with van der Waals surface area (Å²) in [5, 5.41) is 2.10. The quantitative estimate of drug-likeness (QED) is 0.472. The summed E-state index contributed by atoms with van der Waals surface area (Å²) in [6, 6.07) is 4.07. The number of aromatic amines is 1. The van der Waals surface area contributed by atoms with Crippen molar-refractivity contribution in [1.29, 1.82) is 0 Å². The van der Waals surface area contributed by atoms with Crippen LogP contribution in [0, 0.1) is 13.8 Å². The fourth-order valence-electron chi connectivity index (χ4n) is 4.17. The highest BCUT2D eigenvalue weighted by Gasteiger charge is 2.25. The first-order chi connectivity index (χ1) is 15.1. The average molecular weight is 434 g/mol. The number of rotatable bonds is 4. The average Bonchev–Trinajstić information content (AvgIpc) is 3.35. The number of nitrogens with zero attached hydrogens (tertiary/aromatic N) is 4. The predicted molar refractivity (Wildman–Crippen MR) is 124 cm³/mol. The minimum Gasteiger partial charge on any atom is -0.462 e. The summed E-state index contributed by atoms with van der Waals surface area (Å²) in [5.41, 5.74) is 4.33. The van der Waals surface area contributed by atoms with E-state index in [1.54, 1.807) is 6.20 Å². The molecule has 31 heavy (non-hydrogen) atoms. The zero-order valence-electron chi connectivity index (χ0n) is 17.7. The lowest BCUT2D eigenvalue weighted by Gasteiger charge is -2.28. The Kier molecular flexibility index (Phi) is 4.94. The number of thiophene rings is 1. The van der Waals surface area contributed by atoms with Crippen molar-refractivity contribution in [3.05, 3.63) is 52.4 Å². The molecule has 1 N–H and O–H groups in total. The normalized spacial score (nSPS) is 14.3. The molecule has 158 valence electrons. The van der Waals surface area contributed by atoms with Crippen LogP contribution in [0.25, 0.3) is 26.8 Å². The number of aromatic nitrogens is 4. The van der Waals surface area contributed by atoms with Gasteiger partial charge in [-0.2, -0.15) is 0 Å². The molecule has 0 saturated carbocycles. The van der Waals surface area contributed by atoms with Gasteiger partial charge >= 0.3 is 5.97 Å². The van der Waals surface area contributed by atoms with Crippen LogP contribution >= 0.6 is 11.3 Å². The topological polar surface area (TPSA) is 84.0 Å². The van der Waals surface area contributed by atoms with Gasteiger partial charge in [0.15, 0.2) is 0 Å². The third-order valence-corrected chi connectivity index (χ3v) is 6.82. The van der Waals surface area contributed by atoms with Gasteiger partial charge in [0.2, 0.25) is 0 Å². The van der Waals surface area contributed by atoms with Gasteiger partial charge in [-0.3, -0.25) is 0 Å². The molecule has 7 nitrogen and oxygen atoms in total. The van der Waals surface area contributed by atoms with Crippen LogP contribution in [0.4, 0.5) is 5.82 Å². The van der Waals surface area contributed by atoms with E-state index in [0.717, 1.165) is 52.1 Å². The Bertz CT molecular complexity index is 1340. The number of esters is 1. The van der Waals surface area contributed by atoms with Crippen LogP contribution in [0.3, 0.4) is 0 Å². The Labute approximate surface area is 183 Å². The third kappa shape index (κ3) is 3.37. The number of nitrogens with one attached hydrogen (secondary N) is 1. The van der Waals surface area contributed by atoms with Crippen molar-refractivity contribution in [2.24, 2.45) is 0 Å². The van der Waals surface area contributed by atoms with Gasteiger partial charge in [-0.25, -0.2) is 19.7 Å². The molecular weight excluding hydrogens is 410 g/mol. The van der Waals surface area contributed by atoms with Crippen LogP contribution in [0.1, 0.15) is 40.0 Å². The summed E-state index contributed by atoms with van der Waals surface area (Å²) in [6.07, 6.45) is 7.01. The highest BCUT2D eigenvalue weighted by atomic mass is 32.1. The molecule has 0 amide bonds. The van der Waals surface area contributed by atoms with Crippen LogP contribution in [-0.4, -0.2) is 45.6 Å². The van der Waals surface area contributed by atoms with Gasteiger partial charge < -0.3 is 14.6 Å². The van der Waals surface area contributed by atoms with Crippen molar-refractivity contribution in [1.82, 2.24) is 19.9 Å². The number of H-pyrrole nitrogens is 1. The van der Waals surface area contributed by atoms with E-state index in [1.165, 1.54) is 22.5 Å². The predicted octanol–water partition coefficient (Wildman–Crippen LogP) is 4.65. The minimum absolute atomic E-state index is 0.291. The number of ether oxygens (including phenoxy) is 1. The molecule has 5 rings (SSSR count). The summed E-state index contributed by atoms with van der Waals surface area (Å²) in [5.74, 6) is 1.31. The molecule has 0 unspecified atom stereocenters. The Hall–Kier alpha value is -3.26. The summed E-state index contributed by atoms with van der Waals surface area (Å²) in [6.45, 7) is 7.61. The zero-order valence-corrected chi connectivity index (χ0v) is 18.5. The van der Waals surface area contributed by atoms with Gasteiger partial charge in [0.1, 0.15) is 27.0 Å². The first kappa shape index (κ1) is 19.7. The lowest BCUT2D eigenvalue weighted by Crippen LogP contribution is -2.29. The van der Waals surface area contributed by atoms with Crippen molar-refractivity contribution in [2.75, 3.05) is 24.6 Å². The minimum atomic E-state index is -0.291. The molecule has 0 atom stereocenters. The second-order valence-electron chi connectivity index (χ2n) is 7.58. The second kappa shape index (κ2) is 7.77. The fraction of sp³-hybridized carbons (Fsp3) is 0.304. The Morgan fingerprint density at radius 1 is 1.32 bits per heavy atom. The van der Waals surface area contributed by atoms with E-state index in [-0.39, 0.29) is 5.97 Å². The maximum Gasteiger partial charge on any atom is 0.348 e. The number of hydrogen-bond acceptors (Lipinski definition) is 7. The van der Waals surface area contributed by atoms with Crippen molar-refractivity contribution in [3.8, 4) is 0 Å². The summed E-state index contributed by atoms with van der Waals surface area (Å²) < 4.78 is 5.24. The van der Waals surface area contributed by atoms with Crippen LogP contribution in [0.5, 0.6) is 0 Å². The summed E-state index contributed by atoms with van der Waals surface area (Å²) in [4.78, 5) is 33.1. The smallest absolute Gasteiger partial charge is 0.348 e. The molecule has 0 radical (unpaired) electrons. The van der Waals surface area contributed by atoms with Gasteiger partial charge in [-0.1, -0.05) is 6.08 Å². The fourth-order valence-corrected chi connectivity index (χ4v) is 5.28. The number of carbonyl (C=O) groups excluding carboxylic acids is 1. The lowest BCUT2D eigenvalue weighted by molar-refractivity contribution is 0.0531. The van der Waals surface area contributed by atoms with E-state index in [2.05, 4.69) is 32.0 Å². The molecule has 0 bridgehead atoms. The number of fused-ring (bicyclic) bond motifs is 2. The van der Waals surface area contributed by atoms with Gasteiger partial charge in [-0.05, 0) is 50.5 Å². The molecule has 0 aromatic carbocycles. The van der Waals surface area contributed by atoms with Crippen LogP contribution in [-0.2, 0) is 4.74 Å². The standard InChI is InChI=1S/C23H23N5O2S/c1-4-30-23(29)19-13(2)18-21(26-14(3)27-22(18)31-19)28-10-7-15(8-11-28)17-12-25-20-16(17)6-5-9-24-20/h5-7,9,12H,4,8,10-11H2,1-3H3,(H,24,25). The van der Waals surface area contributed by atoms with E-state index in [9.17, 15) is 4.79 Å².